The van der Waals surface area contributed by atoms with E-state index in [4.69, 9.17) is 21.1 Å². The lowest BCUT2D eigenvalue weighted by Gasteiger charge is -2.15. The highest BCUT2D eigenvalue weighted by Crippen LogP contribution is 2.17. The first-order valence-corrected chi connectivity index (χ1v) is 8.53. The molecule has 5 nitrogen and oxygen atoms in total. The van der Waals surface area contributed by atoms with Crippen LogP contribution in [0.5, 0.6) is 5.75 Å². The summed E-state index contributed by atoms with van der Waals surface area (Å²) in [5, 5.41) is 3.38. The predicted octanol–water partition coefficient (Wildman–Crippen LogP) is 4.32. The normalized spacial score (nSPS) is 11.8. The van der Waals surface area contributed by atoms with Crippen LogP contribution in [0.25, 0.3) is 6.08 Å². The van der Waals surface area contributed by atoms with Crippen LogP contribution in [0.2, 0.25) is 5.02 Å². The standard InChI is InChI=1S/C20H20ClNO4/c1-3-25-19(23)13-6-15-4-9-17(10-5-15)22-20(24)14(2)26-18-11-7-16(21)8-12-18/h4-14H,3H2,1-2H3,(H,22,24)/b13-6+. The number of benzene rings is 2. The first-order chi connectivity index (χ1) is 12.5. The van der Waals surface area contributed by atoms with Gasteiger partial charge < -0.3 is 14.8 Å². The summed E-state index contributed by atoms with van der Waals surface area (Å²) in [6.07, 6.45) is 2.34. The number of ether oxygens (including phenoxy) is 2. The molecule has 0 saturated carbocycles. The maximum absolute atomic E-state index is 12.2. The number of hydrogen-bond acceptors (Lipinski definition) is 4. The van der Waals surface area contributed by atoms with Gasteiger partial charge in [-0.25, -0.2) is 4.79 Å². The van der Waals surface area contributed by atoms with Gasteiger partial charge in [-0.05, 0) is 61.9 Å². The molecule has 0 aliphatic heterocycles. The predicted molar refractivity (Wildman–Crippen MR) is 102 cm³/mol. The number of nitrogens with one attached hydrogen (secondary N) is 1. The van der Waals surface area contributed by atoms with Crippen molar-refractivity contribution in [2.24, 2.45) is 0 Å². The van der Waals surface area contributed by atoms with Crippen molar-refractivity contribution >= 4 is 35.2 Å². The summed E-state index contributed by atoms with van der Waals surface area (Å²) >= 11 is 5.82. The molecule has 2 rings (SSSR count). The topological polar surface area (TPSA) is 64.6 Å². The number of rotatable bonds is 7. The lowest BCUT2D eigenvalue weighted by molar-refractivity contribution is -0.137. The summed E-state index contributed by atoms with van der Waals surface area (Å²) in [5.41, 5.74) is 1.45. The summed E-state index contributed by atoms with van der Waals surface area (Å²) in [6, 6.07) is 13.9. The van der Waals surface area contributed by atoms with Crippen molar-refractivity contribution in [2.75, 3.05) is 11.9 Å². The Bertz CT molecular complexity index is 769. The maximum atomic E-state index is 12.2. The van der Waals surface area contributed by atoms with Crippen LogP contribution in [0.15, 0.2) is 54.6 Å². The fourth-order valence-electron chi connectivity index (χ4n) is 2.05. The molecule has 1 unspecified atom stereocenters. The van der Waals surface area contributed by atoms with Gasteiger partial charge in [0.15, 0.2) is 6.10 Å². The van der Waals surface area contributed by atoms with Crippen molar-refractivity contribution in [1.29, 1.82) is 0 Å². The van der Waals surface area contributed by atoms with Crippen LogP contribution in [0.1, 0.15) is 19.4 Å². The Hall–Kier alpha value is -2.79. The number of amides is 1. The molecule has 0 fully saturated rings. The molecule has 0 bridgehead atoms. The van der Waals surface area contributed by atoms with Crippen LogP contribution in [-0.2, 0) is 14.3 Å². The summed E-state index contributed by atoms with van der Waals surface area (Å²) in [6.45, 7) is 3.76. The molecule has 1 atom stereocenters. The highest BCUT2D eigenvalue weighted by atomic mass is 35.5. The van der Waals surface area contributed by atoms with Crippen molar-refractivity contribution in [3.8, 4) is 5.75 Å². The van der Waals surface area contributed by atoms with E-state index < -0.39 is 12.1 Å². The Morgan fingerprint density at radius 3 is 2.38 bits per heavy atom. The zero-order valence-corrected chi connectivity index (χ0v) is 15.3. The van der Waals surface area contributed by atoms with Crippen molar-refractivity contribution in [1.82, 2.24) is 0 Å². The molecule has 2 aromatic rings. The first kappa shape index (κ1) is 19.5. The minimum Gasteiger partial charge on any atom is -0.481 e. The second-order valence-corrected chi connectivity index (χ2v) is 5.85. The van der Waals surface area contributed by atoms with Gasteiger partial charge in [-0.3, -0.25) is 4.79 Å². The number of halogens is 1. The minimum absolute atomic E-state index is 0.269. The van der Waals surface area contributed by atoms with Crippen molar-refractivity contribution in [3.05, 3.63) is 65.2 Å². The molecule has 136 valence electrons. The molecule has 0 spiro atoms. The first-order valence-electron chi connectivity index (χ1n) is 8.16. The van der Waals surface area contributed by atoms with Gasteiger partial charge >= 0.3 is 5.97 Å². The third-order valence-electron chi connectivity index (χ3n) is 3.37. The third kappa shape index (κ3) is 6.26. The van der Waals surface area contributed by atoms with Gasteiger partial charge in [0.2, 0.25) is 0 Å². The molecule has 26 heavy (non-hydrogen) atoms. The molecule has 1 N–H and O–H groups in total. The molecule has 0 aliphatic rings. The van der Waals surface area contributed by atoms with E-state index in [1.807, 2.05) is 0 Å². The van der Waals surface area contributed by atoms with E-state index in [1.165, 1.54) is 6.08 Å². The summed E-state index contributed by atoms with van der Waals surface area (Å²) in [5.74, 6) is -0.0932. The zero-order chi connectivity index (χ0) is 18.9. The van der Waals surface area contributed by atoms with Crippen molar-refractivity contribution < 1.29 is 19.1 Å². The lowest BCUT2D eigenvalue weighted by atomic mass is 10.2. The number of esters is 1. The monoisotopic (exact) mass is 373 g/mol. The Morgan fingerprint density at radius 2 is 1.77 bits per heavy atom. The van der Waals surface area contributed by atoms with Crippen LogP contribution in [0.3, 0.4) is 0 Å². The highest BCUT2D eigenvalue weighted by molar-refractivity contribution is 6.30. The van der Waals surface area contributed by atoms with Crippen LogP contribution < -0.4 is 10.1 Å². The van der Waals surface area contributed by atoms with Gasteiger partial charge in [0, 0.05) is 16.8 Å². The second kappa shape index (κ2) is 9.63. The third-order valence-corrected chi connectivity index (χ3v) is 3.62. The summed E-state index contributed by atoms with van der Waals surface area (Å²) < 4.78 is 10.4. The van der Waals surface area contributed by atoms with E-state index >= 15 is 0 Å². The van der Waals surface area contributed by atoms with Crippen LogP contribution in [0, 0.1) is 0 Å². The quantitative estimate of drug-likeness (QED) is 0.579. The largest absolute Gasteiger partial charge is 0.481 e. The lowest BCUT2D eigenvalue weighted by Crippen LogP contribution is -2.30. The van der Waals surface area contributed by atoms with Crippen LogP contribution >= 0.6 is 11.6 Å². The smallest absolute Gasteiger partial charge is 0.330 e. The summed E-state index contributed by atoms with van der Waals surface area (Å²) in [4.78, 5) is 23.5. The molecule has 2 aromatic carbocycles. The molecule has 0 saturated heterocycles. The molecule has 0 radical (unpaired) electrons. The van der Waals surface area contributed by atoms with Gasteiger partial charge in [-0.1, -0.05) is 23.7 Å². The summed E-state index contributed by atoms with van der Waals surface area (Å²) in [7, 11) is 0. The van der Waals surface area contributed by atoms with E-state index in [0.717, 1.165) is 5.56 Å². The molecule has 0 heterocycles. The zero-order valence-electron chi connectivity index (χ0n) is 14.6. The van der Waals surface area contributed by atoms with Gasteiger partial charge in [-0.15, -0.1) is 0 Å². The maximum Gasteiger partial charge on any atom is 0.330 e. The van der Waals surface area contributed by atoms with Gasteiger partial charge in [0.25, 0.3) is 5.91 Å². The minimum atomic E-state index is -0.667. The number of carbonyl (C=O) groups is 2. The van der Waals surface area contributed by atoms with E-state index in [0.29, 0.717) is 23.1 Å². The fourth-order valence-corrected chi connectivity index (χ4v) is 2.17. The average Bonchev–Trinajstić information content (AvgIpc) is 2.63. The van der Waals surface area contributed by atoms with Gasteiger partial charge in [-0.2, -0.15) is 0 Å². The van der Waals surface area contributed by atoms with Crippen molar-refractivity contribution in [3.63, 3.8) is 0 Å². The Morgan fingerprint density at radius 1 is 1.12 bits per heavy atom. The van der Waals surface area contributed by atoms with Gasteiger partial charge in [0.1, 0.15) is 5.75 Å². The number of hydrogen-bond donors (Lipinski definition) is 1. The fraction of sp³-hybridized carbons (Fsp3) is 0.200. The molecule has 0 aromatic heterocycles. The second-order valence-electron chi connectivity index (χ2n) is 5.41. The van der Waals surface area contributed by atoms with Crippen molar-refractivity contribution in [2.45, 2.75) is 20.0 Å². The molecular formula is C20H20ClNO4. The molecule has 6 heteroatoms. The van der Waals surface area contributed by atoms with E-state index in [9.17, 15) is 9.59 Å². The van der Waals surface area contributed by atoms with E-state index in [2.05, 4.69) is 5.32 Å². The Kier molecular flexibility index (Phi) is 7.24. The molecule has 0 aliphatic carbocycles. The Labute approximate surface area is 157 Å². The average molecular weight is 374 g/mol. The van der Waals surface area contributed by atoms with E-state index in [1.54, 1.807) is 68.5 Å². The SMILES string of the molecule is CCOC(=O)/C=C/c1ccc(NC(=O)C(C)Oc2ccc(Cl)cc2)cc1. The highest BCUT2D eigenvalue weighted by Gasteiger charge is 2.14. The van der Waals surface area contributed by atoms with E-state index in [-0.39, 0.29) is 5.91 Å². The van der Waals surface area contributed by atoms with Crippen LogP contribution in [0.4, 0.5) is 5.69 Å². The molecule has 1 amide bonds. The van der Waals surface area contributed by atoms with Crippen LogP contribution in [-0.4, -0.2) is 24.6 Å². The number of anilines is 1. The number of carbonyl (C=O) groups excluding carboxylic acids is 2. The van der Waals surface area contributed by atoms with Gasteiger partial charge in [0.05, 0.1) is 6.61 Å². The molecular weight excluding hydrogens is 354 g/mol. The Balaban J connectivity index is 1.90.